The Labute approximate surface area is 172 Å². The first-order chi connectivity index (χ1) is 13.0. The highest BCUT2D eigenvalue weighted by Gasteiger charge is 2.14. The van der Waals surface area contributed by atoms with E-state index in [-0.39, 0.29) is 5.56 Å². The maximum atomic E-state index is 12.9. The quantitative estimate of drug-likeness (QED) is 0.428. The molecule has 0 aliphatic heterocycles. The molecule has 1 aromatic carbocycles. The number of hydrogen-bond donors (Lipinski definition) is 0. The molecule has 0 radical (unpaired) electrons. The molecule has 5 nitrogen and oxygen atoms in total. The lowest BCUT2D eigenvalue weighted by molar-refractivity contribution is 0.416. The summed E-state index contributed by atoms with van der Waals surface area (Å²) in [6.45, 7) is 4.38. The summed E-state index contributed by atoms with van der Waals surface area (Å²) in [5, 5.41) is 3.54. The fourth-order valence-electron chi connectivity index (χ4n) is 2.91. The van der Waals surface area contributed by atoms with Gasteiger partial charge in [-0.1, -0.05) is 15.9 Å². The molecule has 27 heavy (non-hydrogen) atoms. The van der Waals surface area contributed by atoms with Gasteiger partial charge in [-0.3, -0.25) is 9.36 Å². The first-order valence-corrected chi connectivity index (χ1v) is 10.7. The summed E-state index contributed by atoms with van der Waals surface area (Å²) < 4.78 is 8.03. The lowest BCUT2D eigenvalue weighted by atomic mass is 10.2. The molecule has 0 aliphatic carbocycles. The van der Waals surface area contributed by atoms with Crippen LogP contribution in [0.1, 0.15) is 16.1 Å². The number of aromatic nitrogens is 3. The van der Waals surface area contributed by atoms with E-state index in [1.807, 2.05) is 37.4 Å². The molecule has 0 fully saturated rings. The Hall–Kier alpha value is -2.03. The van der Waals surface area contributed by atoms with Crippen LogP contribution in [0.25, 0.3) is 20.8 Å². The van der Waals surface area contributed by atoms with Crippen molar-refractivity contribution in [1.82, 2.24) is 14.5 Å². The van der Waals surface area contributed by atoms with E-state index < -0.39 is 0 Å². The van der Waals surface area contributed by atoms with E-state index >= 15 is 0 Å². The monoisotopic (exact) mass is 461 g/mol. The number of nitrogens with zero attached hydrogens (tertiary/aromatic N) is 3. The predicted molar refractivity (Wildman–Crippen MR) is 114 cm³/mol. The lowest BCUT2D eigenvalue weighted by Crippen LogP contribution is -2.21. The highest BCUT2D eigenvalue weighted by molar-refractivity contribution is 9.10. The minimum Gasteiger partial charge on any atom is -0.496 e. The molecule has 0 bridgehead atoms. The predicted octanol–water partition coefficient (Wildman–Crippen LogP) is 5.02. The number of rotatable bonds is 4. The molecule has 3 aromatic heterocycles. The van der Waals surface area contributed by atoms with Crippen molar-refractivity contribution < 1.29 is 4.74 Å². The molecule has 0 spiro atoms. The number of thiazole rings is 1. The summed E-state index contributed by atoms with van der Waals surface area (Å²) in [6.07, 6.45) is 1.61. The van der Waals surface area contributed by atoms with Gasteiger partial charge in [-0.2, -0.15) is 0 Å². The maximum Gasteiger partial charge on any atom is 0.262 e. The highest BCUT2D eigenvalue weighted by atomic mass is 79.9. The minimum absolute atomic E-state index is 0.0172. The van der Waals surface area contributed by atoms with Crippen molar-refractivity contribution in [3.8, 4) is 16.3 Å². The number of thiophene rings is 1. The second-order valence-electron chi connectivity index (χ2n) is 6.13. The van der Waals surface area contributed by atoms with Gasteiger partial charge in [-0.15, -0.1) is 22.7 Å². The van der Waals surface area contributed by atoms with Crippen LogP contribution in [0.4, 0.5) is 0 Å². The topological polar surface area (TPSA) is 57.0 Å². The van der Waals surface area contributed by atoms with Gasteiger partial charge in [0.25, 0.3) is 5.56 Å². The van der Waals surface area contributed by atoms with E-state index in [9.17, 15) is 4.79 Å². The molecule has 0 aliphatic rings. The lowest BCUT2D eigenvalue weighted by Gasteiger charge is -2.06. The van der Waals surface area contributed by atoms with Gasteiger partial charge in [0.1, 0.15) is 15.6 Å². The van der Waals surface area contributed by atoms with Gasteiger partial charge in [-0.05, 0) is 37.6 Å². The number of methoxy groups -OCH3 is 1. The zero-order chi connectivity index (χ0) is 19.1. The molecule has 4 rings (SSSR count). The van der Waals surface area contributed by atoms with E-state index in [0.29, 0.717) is 11.9 Å². The number of aryl methyl sites for hydroxylation is 2. The van der Waals surface area contributed by atoms with Crippen LogP contribution in [0.15, 0.2) is 39.2 Å². The van der Waals surface area contributed by atoms with Crippen molar-refractivity contribution in [3.63, 3.8) is 0 Å². The summed E-state index contributed by atoms with van der Waals surface area (Å²) in [5.41, 5.74) is 2.74. The van der Waals surface area contributed by atoms with E-state index in [1.165, 1.54) is 11.3 Å². The number of ether oxygens (including phenoxy) is 1. The molecular formula is C19H16BrN3O2S2. The molecule has 138 valence electrons. The zero-order valence-electron chi connectivity index (χ0n) is 14.9. The zero-order valence-corrected chi connectivity index (χ0v) is 18.2. The fraction of sp³-hybridized carbons (Fsp3) is 0.211. The summed E-state index contributed by atoms with van der Waals surface area (Å²) >= 11 is 6.58. The molecule has 0 unspecified atom stereocenters. The molecule has 3 heterocycles. The summed E-state index contributed by atoms with van der Waals surface area (Å²) in [4.78, 5) is 24.0. The third-order valence-corrected chi connectivity index (χ3v) is 6.96. The molecule has 0 amide bonds. The van der Waals surface area contributed by atoms with Gasteiger partial charge in [0.15, 0.2) is 0 Å². The van der Waals surface area contributed by atoms with Gasteiger partial charge in [0, 0.05) is 14.7 Å². The number of halogens is 1. The molecule has 0 saturated carbocycles. The van der Waals surface area contributed by atoms with Gasteiger partial charge < -0.3 is 4.74 Å². The second kappa shape index (κ2) is 7.18. The third kappa shape index (κ3) is 3.33. The van der Waals surface area contributed by atoms with Crippen LogP contribution in [-0.4, -0.2) is 21.6 Å². The largest absolute Gasteiger partial charge is 0.496 e. The van der Waals surface area contributed by atoms with Crippen molar-refractivity contribution in [3.05, 3.63) is 60.9 Å². The van der Waals surface area contributed by atoms with Crippen molar-refractivity contribution >= 4 is 48.8 Å². The highest BCUT2D eigenvalue weighted by Crippen LogP contribution is 2.34. The van der Waals surface area contributed by atoms with Gasteiger partial charge in [-0.25, -0.2) is 9.97 Å². The van der Waals surface area contributed by atoms with Crippen LogP contribution in [0.3, 0.4) is 0 Å². The summed E-state index contributed by atoms with van der Waals surface area (Å²) in [6, 6.07) is 5.83. The molecule has 0 atom stereocenters. The Morgan fingerprint density at radius 1 is 1.30 bits per heavy atom. The number of fused-ring (bicyclic) bond motifs is 1. The molecular weight excluding hydrogens is 446 g/mol. The fourth-order valence-corrected chi connectivity index (χ4v) is 5.09. The third-order valence-electron chi connectivity index (χ3n) is 4.43. The molecule has 0 N–H and O–H groups in total. The molecule has 4 aromatic rings. The first kappa shape index (κ1) is 18.3. The Bertz CT molecular complexity index is 1210. The van der Waals surface area contributed by atoms with E-state index in [0.717, 1.165) is 41.8 Å². The first-order valence-electron chi connectivity index (χ1n) is 8.21. The van der Waals surface area contributed by atoms with Gasteiger partial charge in [0.2, 0.25) is 0 Å². The SMILES string of the molecule is COc1ccc(Br)cc1-c1nc(Cn2cnc3sc(C)c(C)c3c2=O)cs1. The summed E-state index contributed by atoms with van der Waals surface area (Å²) in [5.74, 6) is 0.767. The number of benzene rings is 1. The van der Waals surface area contributed by atoms with E-state index in [2.05, 4.69) is 20.9 Å². The van der Waals surface area contributed by atoms with Crippen LogP contribution >= 0.6 is 38.6 Å². The molecule has 0 saturated heterocycles. The van der Waals surface area contributed by atoms with E-state index in [1.54, 1.807) is 29.3 Å². The summed E-state index contributed by atoms with van der Waals surface area (Å²) in [7, 11) is 1.65. The van der Waals surface area contributed by atoms with Crippen molar-refractivity contribution in [2.75, 3.05) is 7.11 Å². The van der Waals surface area contributed by atoms with Crippen LogP contribution < -0.4 is 10.3 Å². The standard InChI is InChI=1S/C19H16BrN3O2S2/c1-10-11(2)27-18-16(10)19(24)23(9-21-18)7-13-8-26-17(22-13)14-6-12(20)4-5-15(14)25-3/h4-6,8-9H,7H2,1-3H3. The normalized spacial score (nSPS) is 11.3. The average Bonchev–Trinajstić information content (AvgIpc) is 3.23. The van der Waals surface area contributed by atoms with Gasteiger partial charge in [0.05, 0.1) is 36.6 Å². The Morgan fingerprint density at radius 3 is 2.89 bits per heavy atom. The number of hydrogen-bond acceptors (Lipinski definition) is 6. The second-order valence-corrected chi connectivity index (χ2v) is 9.11. The minimum atomic E-state index is -0.0172. The van der Waals surface area contributed by atoms with Crippen LogP contribution in [-0.2, 0) is 6.54 Å². The van der Waals surface area contributed by atoms with Gasteiger partial charge >= 0.3 is 0 Å². The Morgan fingerprint density at radius 2 is 2.11 bits per heavy atom. The smallest absolute Gasteiger partial charge is 0.262 e. The van der Waals surface area contributed by atoms with Crippen molar-refractivity contribution in [2.24, 2.45) is 0 Å². The Kier molecular flexibility index (Phi) is 4.88. The van der Waals surface area contributed by atoms with Crippen molar-refractivity contribution in [2.45, 2.75) is 20.4 Å². The van der Waals surface area contributed by atoms with Crippen LogP contribution in [0.5, 0.6) is 5.75 Å². The Balaban J connectivity index is 1.71. The van der Waals surface area contributed by atoms with Crippen LogP contribution in [0, 0.1) is 13.8 Å². The molecule has 8 heteroatoms. The van der Waals surface area contributed by atoms with E-state index in [4.69, 9.17) is 9.72 Å². The van der Waals surface area contributed by atoms with Crippen LogP contribution in [0.2, 0.25) is 0 Å². The van der Waals surface area contributed by atoms with Crippen molar-refractivity contribution in [1.29, 1.82) is 0 Å². The average molecular weight is 462 g/mol. The maximum absolute atomic E-state index is 12.9.